The van der Waals surface area contributed by atoms with E-state index in [-0.39, 0.29) is 47.6 Å². The van der Waals surface area contributed by atoms with Crippen molar-refractivity contribution in [2.75, 3.05) is 19.8 Å². The van der Waals surface area contributed by atoms with Crippen molar-refractivity contribution >= 4 is 17.5 Å². The highest BCUT2D eigenvalue weighted by Crippen LogP contribution is 2.35. The first-order valence-electron chi connectivity index (χ1n) is 11.4. The van der Waals surface area contributed by atoms with E-state index in [0.29, 0.717) is 11.1 Å². The van der Waals surface area contributed by atoms with Crippen molar-refractivity contribution in [2.45, 2.75) is 38.0 Å². The molecule has 34 heavy (non-hydrogen) atoms. The number of nitrogens with one attached hydrogen (secondary N) is 1. The maximum atomic E-state index is 15.0. The maximum Gasteiger partial charge on any atom is 0.354 e. The minimum Gasteiger partial charge on any atom is -0.477 e. The lowest BCUT2D eigenvalue weighted by molar-refractivity contribution is 0.0447. The lowest BCUT2D eigenvalue weighted by Gasteiger charge is -2.37. The predicted octanol–water partition coefficient (Wildman–Crippen LogP) is 3.62. The quantitative estimate of drug-likeness (QED) is 0.592. The Morgan fingerprint density at radius 2 is 1.88 bits per heavy atom. The molecule has 178 valence electrons. The summed E-state index contributed by atoms with van der Waals surface area (Å²) in [7, 11) is 0. The van der Waals surface area contributed by atoms with E-state index in [1.54, 1.807) is 12.1 Å². The summed E-state index contributed by atoms with van der Waals surface area (Å²) >= 11 is 0. The molecule has 2 aliphatic rings. The van der Waals surface area contributed by atoms with Gasteiger partial charge in [-0.25, -0.2) is 18.7 Å². The summed E-state index contributed by atoms with van der Waals surface area (Å²) in [6.45, 7) is -0.263. The van der Waals surface area contributed by atoms with E-state index in [1.165, 1.54) is 17.0 Å². The summed E-state index contributed by atoms with van der Waals surface area (Å²) in [5.74, 6) is -2.58. The number of hydrogen-bond acceptors (Lipinski definition) is 4. The fourth-order valence-corrected chi connectivity index (χ4v) is 4.97. The largest absolute Gasteiger partial charge is 0.477 e. The zero-order valence-corrected chi connectivity index (χ0v) is 18.4. The van der Waals surface area contributed by atoms with Crippen LogP contribution in [0, 0.1) is 11.7 Å². The summed E-state index contributed by atoms with van der Waals surface area (Å²) in [6, 6.07) is 5.91. The summed E-state index contributed by atoms with van der Waals surface area (Å²) in [5.41, 5.74) is -0.415. The fourth-order valence-electron chi connectivity index (χ4n) is 4.97. The molecule has 0 bridgehead atoms. The number of halogens is 2. The van der Waals surface area contributed by atoms with Crippen molar-refractivity contribution < 1.29 is 23.5 Å². The summed E-state index contributed by atoms with van der Waals surface area (Å²) in [5, 5.41) is 12.0. The molecule has 1 saturated carbocycles. The van der Waals surface area contributed by atoms with E-state index in [0.717, 1.165) is 36.6 Å². The van der Waals surface area contributed by atoms with Crippen LogP contribution in [-0.2, 0) is 0 Å². The Labute approximate surface area is 193 Å². The molecule has 0 unspecified atom stereocenters. The van der Waals surface area contributed by atoms with Gasteiger partial charge in [0.15, 0.2) is 11.3 Å². The number of benzene rings is 1. The van der Waals surface area contributed by atoms with E-state index in [1.807, 2.05) is 0 Å². The number of fused-ring (bicyclic) bond motifs is 1. The number of H-pyrrole nitrogens is 1. The minimum atomic E-state index is -1.43. The normalized spacial score (nSPS) is 17.2. The first-order chi connectivity index (χ1) is 16.4. The number of likely N-dealkylation sites (tertiary alicyclic amines) is 1. The number of carboxylic acids is 1. The Morgan fingerprint density at radius 3 is 2.53 bits per heavy atom. The summed E-state index contributed by atoms with van der Waals surface area (Å²) in [6.07, 6.45) is 5.18. The number of aromatic carboxylic acids is 1. The molecule has 2 N–H and O–H groups in total. The molecule has 1 saturated heterocycles. The van der Waals surface area contributed by atoms with Crippen LogP contribution in [0.5, 0.6) is 0 Å². The monoisotopic (exact) mass is 470 g/mol. The van der Waals surface area contributed by atoms with Gasteiger partial charge in [-0.2, -0.15) is 0 Å². The number of carbonyl (C=O) groups is 2. The van der Waals surface area contributed by atoms with Crippen molar-refractivity contribution in [1.82, 2.24) is 19.5 Å². The number of amides is 1. The lowest BCUT2D eigenvalue weighted by Crippen LogP contribution is -2.51. The van der Waals surface area contributed by atoms with Gasteiger partial charge < -0.3 is 10.0 Å². The van der Waals surface area contributed by atoms with Crippen molar-refractivity contribution in [2.24, 2.45) is 5.92 Å². The second-order valence-corrected chi connectivity index (χ2v) is 9.11. The van der Waals surface area contributed by atoms with Gasteiger partial charge >= 0.3 is 5.97 Å². The molecule has 0 atom stereocenters. The number of carboxylic acid groups (broad SMARTS) is 1. The Kier molecular flexibility index (Phi) is 5.66. The number of alkyl halides is 1. The highest BCUT2D eigenvalue weighted by molar-refractivity contribution is 6.08. The Bertz CT molecular complexity index is 1340. The van der Waals surface area contributed by atoms with Gasteiger partial charge in [0.1, 0.15) is 11.4 Å². The number of rotatable bonds is 5. The standard InChI is InChI=1S/C24H24F2N4O4/c25-10-13-11-29(12-13)23(32)20-21(24(33)34)28-30-19(31)9-18(27-22(20)30)15-6-7-16(17(26)8-15)14-4-2-1-3-5-14/h6-9,13-14,28H,1-5,10-12H2,(H,33,34). The minimum absolute atomic E-state index is 0.134. The van der Waals surface area contributed by atoms with Crippen LogP contribution in [0.2, 0.25) is 0 Å². The van der Waals surface area contributed by atoms with Gasteiger partial charge in [-0.3, -0.25) is 19.1 Å². The first-order valence-corrected chi connectivity index (χ1v) is 11.4. The smallest absolute Gasteiger partial charge is 0.354 e. The molecule has 1 aromatic carbocycles. The second-order valence-electron chi connectivity index (χ2n) is 9.11. The molecule has 5 rings (SSSR count). The van der Waals surface area contributed by atoms with Gasteiger partial charge in [0.05, 0.1) is 12.4 Å². The van der Waals surface area contributed by atoms with Crippen LogP contribution in [0.4, 0.5) is 8.78 Å². The van der Waals surface area contributed by atoms with Crippen LogP contribution >= 0.6 is 0 Å². The van der Waals surface area contributed by atoms with Crippen molar-refractivity contribution in [3.8, 4) is 11.3 Å². The van der Waals surface area contributed by atoms with Gasteiger partial charge in [-0.1, -0.05) is 31.4 Å². The molecule has 2 aromatic heterocycles. The average molecular weight is 470 g/mol. The number of nitrogens with zero attached hydrogens (tertiary/aromatic N) is 3. The van der Waals surface area contributed by atoms with Crippen LogP contribution in [0.25, 0.3) is 16.9 Å². The molecule has 0 spiro atoms. The van der Waals surface area contributed by atoms with E-state index in [9.17, 15) is 28.3 Å². The van der Waals surface area contributed by atoms with Gasteiger partial charge in [-0.05, 0) is 30.4 Å². The molecule has 8 nitrogen and oxygen atoms in total. The zero-order valence-electron chi connectivity index (χ0n) is 18.4. The average Bonchev–Trinajstić information content (AvgIpc) is 3.19. The van der Waals surface area contributed by atoms with Gasteiger partial charge in [0, 0.05) is 30.6 Å². The third-order valence-corrected chi connectivity index (χ3v) is 6.85. The molecule has 2 fully saturated rings. The Balaban J connectivity index is 1.57. The van der Waals surface area contributed by atoms with Crippen LogP contribution in [0.1, 0.15) is 64.4 Å². The zero-order chi connectivity index (χ0) is 24.0. The van der Waals surface area contributed by atoms with E-state index in [2.05, 4.69) is 10.1 Å². The molecule has 1 aliphatic heterocycles. The van der Waals surface area contributed by atoms with Crippen molar-refractivity contribution in [3.63, 3.8) is 0 Å². The number of hydrogen-bond donors (Lipinski definition) is 2. The SMILES string of the molecule is O=C(O)c1[nH]n2c(=O)cc(-c3ccc(C4CCCCC4)c(F)c3)nc2c1C(=O)N1CC(CF)C1. The number of aromatic nitrogens is 3. The van der Waals surface area contributed by atoms with E-state index < -0.39 is 29.8 Å². The van der Waals surface area contributed by atoms with Crippen LogP contribution in [0.3, 0.4) is 0 Å². The molecule has 1 aliphatic carbocycles. The van der Waals surface area contributed by atoms with Crippen LogP contribution < -0.4 is 5.56 Å². The molecule has 3 heterocycles. The first kappa shape index (κ1) is 22.2. The third-order valence-electron chi connectivity index (χ3n) is 6.85. The van der Waals surface area contributed by atoms with Gasteiger partial charge in [0.25, 0.3) is 11.5 Å². The van der Waals surface area contributed by atoms with Crippen molar-refractivity contribution in [3.05, 3.63) is 57.3 Å². The lowest BCUT2D eigenvalue weighted by atomic mass is 9.83. The molecule has 10 heteroatoms. The molecule has 1 amide bonds. The topological polar surface area (TPSA) is 108 Å². The highest BCUT2D eigenvalue weighted by atomic mass is 19.1. The highest BCUT2D eigenvalue weighted by Gasteiger charge is 2.36. The van der Waals surface area contributed by atoms with Gasteiger partial charge in [0.2, 0.25) is 0 Å². The van der Waals surface area contributed by atoms with Crippen LogP contribution in [0.15, 0.2) is 29.1 Å². The summed E-state index contributed by atoms with van der Waals surface area (Å²) in [4.78, 5) is 43.3. The fraction of sp³-hybridized carbons (Fsp3) is 0.417. The number of aromatic amines is 1. The summed E-state index contributed by atoms with van der Waals surface area (Å²) < 4.78 is 28.7. The second kappa shape index (κ2) is 8.66. The van der Waals surface area contributed by atoms with E-state index >= 15 is 0 Å². The predicted molar refractivity (Wildman–Crippen MR) is 119 cm³/mol. The number of carbonyl (C=O) groups excluding carboxylic acids is 1. The van der Waals surface area contributed by atoms with E-state index in [4.69, 9.17) is 0 Å². The Hall–Kier alpha value is -3.56. The third kappa shape index (κ3) is 3.76. The van der Waals surface area contributed by atoms with Crippen LogP contribution in [-0.4, -0.2) is 56.2 Å². The Morgan fingerprint density at radius 1 is 1.15 bits per heavy atom. The molecular formula is C24H24F2N4O4. The van der Waals surface area contributed by atoms with Crippen molar-refractivity contribution in [1.29, 1.82) is 0 Å². The molecular weight excluding hydrogens is 446 g/mol. The molecule has 0 radical (unpaired) electrons. The van der Waals surface area contributed by atoms with Gasteiger partial charge in [-0.15, -0.1) is 0 Å². The maximum absolute atomic E-state index is 15.0. The molecule has 3 aromatic rings.